The molecule has 2 aromatic rings. The normalized spacial score (nSPS) is 17.7. The largest absolute Gasteiger partial charge is 0.363 e. The molecule has 0 spiro atoms. The summed E-state index contributed by atoms with van der Waals surface area (Å²) in [6.45, 7) is 1.17. The molecule has 1 saturated heterocycles. The molecule has 106 valence electrons. The molecule has 0 saturated carbocycles. The van der Waals surface area contributed by atoms with Crippen LogP contribution in [0.1, 0.15) is 28.5 Å². The first kappa shape index (κ1) is 13.1. The van der Waals surface area contributed by atoms with Crippen molar-refractivity contribution < 1.29 is 9.32 Å². The van der Waals surface area contributed by atoms with Gasteiger partial charge in [0.15, 0.2) is 6.19 Å². The summed E-state index contributed by atoms with van der Waals surface area (Å²) in [7, 11) is 0. The Morgan fingerprint density at radius 2 is 2.38 bits per heavy atom. The third-order valence-corrected chi connectivity index (χ3v) is 3.60. The smallest absolute Gasteiger partial charge is 0.287 e. The van der Waals surface area contributed by atoms with Crippen molar-refractivity contribution in [2.24, 2.45) is 5.73 Å². The van der Waals surface area contributed by atoms with Crippen molar-refractivity contribution in [3.05, 3.63) is 35.7 Å². The van der Waals surface area contributed by atoms with Crippen LogP contribution in [-0.4, -0.2) is 34.0 Å². The van der Waals surface area contributed by atoms with Gasteiger partial charge in [-0.3, -0.25) is 9.78 Å². The van der Waals surface area contributed by atoms with Gasteiger partial charge in [0.1, 0.15) is 5.69 Å². The lowest BCUT2D eigenvalue weighted by atomic mass is 9.94. The van der Waals surface area contributed by atoms with E-state index in [1.54, 1.807) is 23.2 Å². The molecule has 1 atom stereocenters. The number of likely N-dealkylation sites (tertiary alicyclic amines) is 1. The van der Waals surface area contributed by atoms with Crippen LogP contribution >= 0.6 is 0 Å². The molecule has 1 fully saturated rings. The Labute approximate surface area is 121 Å². The lowest BCUT2D eigenvalue weighted by molar-refractivity contribution is 0.0963. The van der Waals surface area contributed by atoms with Gasteiger partial charge in [0.2, 0.25) is 5.76 Å². The number of primary amides is 1. The maximum Gasteiger partial charge on any atom is 0.287 e. The fraction of sp³-hybridized carbons (Fsp3) is 0.286. The van der Waals surface area contributed by atoms with E-state index in [0.717, 1.165) is 6.42 Å². The SMILES string of the molecule is N#CN1CCC(c2c(-c3ccccn3)noc2C(N)=O)C1. The van der Waals surface area contributed by atoms with Gasteiger partial charge in [-0.25, -0.2) is 0 Å². The fourth-order valence-electron chi connectivity index (χ4n) is 2.63. The summed E-state index contributed by atoms with van der Waals surface area (Å²) in [6.07, 6.45) is 4.51. The summed E-state index contributed by atoms with van der Waals surface area (Å²) in [6, 6.07) is 5.43. The van der Waals surface area contributed by atoms with E-state index in [0.29, 0.717) is 30.0 Å². The highest BCUT2D eigenvalue weighted by atomic mass is 16.5. The van der Waals surface area contributed by atoms with Gasteiger partial charge in [-0.05, 0) is 18.6 Å². The number of pyridine rings is 1. The van der Waals surface area contributed by atoms with E-state index < -0.39 is 5.91 Å². The third kappa shape index (κ3) is 2.31. The monoisotopic (exact) mass is 283 g/mol. The average molecular weight is 283 g/mol. The summed E-state index contributed by atoms with van der Waals surface area (Å²) < 4.78 is 5.13. The number of aromatic nitrogens is 2. The summed E-state index contributed by atoms with van der Waals surface area (Å²) in [5, 5.41) is 12.9. The van der Waals surface area contributed by atoms with Crippen LogP contribution in [0, 0.1) is 11.5 Å². The van der Waals surface area contributed by atoms with Crippen molar-refractivity contribution in [2.75, 3.05) is 13.1 Å². The molecule has 0 radical (unpaired) electrons. The summed E-state index contributed by atoms with van der Waals surface area (Å²) >= 11 is 0. The lowest BCUT2D eigenvalue weighted by Gasteiger charge is -2.10. The molecule has 1 unspecified atom stereocenters. The number of hydrogen-bond acceptors (Lipinski definition) is 6. The molecular formula is C14H13N5O2. The average Bonchev–Trinajstić information content (AvgIpc) is 3.14. The molecule has 2 N–H and O–H groups in total. The summed E-state index contributed by atoms with van der Waals surface area (Å²) in [5.74, 6) is -0.620. The van der Waals surface area contributed by atoms with E-state index >= 15 is 0 Å². The fourth-order valence-corrected chi connectivity index (χ4v) is 2.63. The van der Waals surface area contributed by atoms with Crippen molar-refractivity contribution in [1.82, 2.24) is 15.0 Å². The molecule has 2 aromatic heterocycles. The van der Waals surface area contributed by atoms with E-state index in [1.165, 1.54) is 0 Å². The molecule has 0 bridgehead atoms. The molecule has 7 nitrogen and oxygen atoms in total. The quantitative estimate of drug-likeness (QED) is 0.845. The molecule has 7 heteroatoms. The van der Waals surface area contributed by atoms with Gasteiger partial charge in [-0.15, -0.1) is 0 Å². The number of nitriles is 1. The maximum absolute atomic E-state index is 11.6. The Morgan fingerprint density at radius 1 is 1.52 bits per heavy atom. The predicted octanol–water partition coefficient (Wildman–Crippen LogP) is 1.11. The van der Waals surface area contributed by atoms with Gasteiger partial charge in [-0.2, -0.15) is 5.26 Å². The zero-order valence-corrected chi connectivity index (χ0v) is 11.2. The number of nitrogens with two attached hydrogens (primary N) is 1. The van der Waals surface area contributed by atoms with E-state index in [4.69, 9.17) is 15.5 Å². The molecule has 0 aliphatic carbocycles. The Morgan fingerprint density at radius 3 is 3.00 bits per heavy atom. The number of amides is 1. The first-order chi connectivity index (χ1) is 10.2. The Bertz CT molecular complexity index is 704. The number of carbonyl (C=O) groups is 1. The van der Waals surface area contributed by atoms with Crippen LogP contribution in [0.5, 0.6) is 0 Å². The van der Waals surface area contributed by atoms with Gasteiger partial charge in [0, 0.05) is 30.8 Å². The second-order valence-electron chi connectivity index (χ2n) is 4.88. The van der Waals surface area contributed by atoms with Gasteiger partial charge >= 0.3 is 0 Å². The summed E-state index contributed by atoms with van der Waals surface area (Å²) in [5.41, 5.74) is 7.17. The third-order valence-electron chi connectivity index (χ3n) is 3.60. The molecule has 1 amide bonds. The van der Waals surface area contributed by atoms with Crippen molar-refractivity contribution in [2.45, 2.75) is 12.3 Å². The van der Waals surface area contributed by atoms with Gasteiger partial charge < -0.3 is 15.2 Å². The number of nitrogens with zero attached hydrogens (tertiary/aromatic N) is 4. The highest BCUT2D eigenvalue weighted by Crippen LogP contribution is 2.35. The Hall–Kier alpha value is -2.88. The van der Waals surface area contributed by atoms with E-state index in [-0.39, 0.29) is 11.7 Å². The second-order valence-corrected chi connectivity index (χ2v) is 4.88. The zero-order chi connectivity index (χ0) is 14.8. The van der Waals surface area contributed by atoms with Gasteiger partial charge in [-0.1, -0.05) is 11.2 Å². The Balaban J connectivity index is 2.07. The molecular weight excluding hydrogens is 270 g/mol. The molecule has 1 aliphatic heterocycles. The first-order valence-corrected chi connectivity index (χ1v) is 6.56. The zero-order valence-electron chi connectivity index (χ0n) is 11.2. The molecule has 0 aromatic carbocycles. The predicted molar refractivity (Wildman–Crippen MR) is 72.8 cm³/mol. The van der Waals surface area contributed by atoms with Crippen LogP contribution in [0.15, 0.2) is 28.9 Å². The van der Waals surface area contributed by atoms with Gasteiger partial charge in [0.05, 0.1) is 5.69 Å². The molecule has 21 heavy (non-hydrogen) atoms. The number of rotatable bonds is 3. The van der Waals surface area contributed by atoms with E-state index in [1.807, 2.05) is 6.07 Å². The minimum Gasteiger partial charge on any atom is -0.363 e. The van der Waals surface area contributed by atoms with E-state index in [9.17, 15) is 4.79 Å². The van der Waals surface area contributed by atoms with Crippen molar-refractivity contribution in [1.29, 1.82) is 5.26 Å². The number of hydrogen-bond donors (Lipinski definition) is 1. The molecule has 1 aliphatic rings. The van der Waals surface area contributed by atoms with E-state index in [2.05, 4.69) is 16.3 Å². The highest BCUT2D eigenvalue weighted by molar-refractivity contribution is 5.93. The maximum atomic E-state index is 11.6. The minimum atomic E-state index is -0.657. The topological polar surface area (TPSA) is 109 Å². The van der Waals surface area contributed by atoms with Crippen LogP contribution in [0.25, 0.3) is 11.4 Å². The van der Waals surface area contributed by atoms with Crippen LogP contribution in [0.4, 0.5) is 0 Å². The van der Waals surface area contributed by atoms with Crippen molar-refractivity contribution >= 4 is 5.91 Å². The van der Waals surface area contributed by atoms with Crippen LogP contribution in [0.3, 0.4) is 0 Å². The van der Waals surface area contributed by atoms with Crippen LogP contribution in [-0.2, 0) is 0 Å². The summed E-state index contributed by atoms with van der Waals surface area (Å²) in [4.78, 5) is 17.4. The molecule has 3 rings (SSSR count). The van der Waals surface area contributed by atoms with Crippen LogP contribution < -0.4 is 5.73 Å². The highest BCUT2D eigenvalue weighted by Gasteiger charge is 2.33. The lowest BCUT2D eigenvalue weighted by Crippen LogP contribution is -2.16. The van der Waals surface area contributed by atoms with Crippen molar-refractivity contribution in [3.63, 3.8) is 0 Å². The second kappa shape index (κ2) is 5.25. The van der Waals surface area contributed by atoms with Gasteiger partial charge in [0.25, 0.3) is 5.91 Å². The number of carbonyl (C=O) groups excluding carboxylic acids is 1. The molecule has 3 heterocycles. The van der Waals surface area contributed by atoms with Crippen LogP contribution in [0.2, 0.25) is 0 Å². The minimum absolute atomic E-state index is 0.0181. The first-order valence-electron chi connectivity index (χ1n) is 6.56. The standard InChI is InChI=1S/C14H13N5O2/c15-8-19-6-4-9(7-19)11-12(10-3-1-2-5-17-10)18-21-13(11)14(16)20/h1-3,5,9H,4,6-7H2,(H2,16,20). The Kier molecular flexibility index (Phi) is 3.28. The van der Waals surface area contributed by atoms with Crippen molar-refractivity contribution in [3.8, 4) is 17.6 Å².